The third-order valence-electron chi connectivity index (χ3n) is 6.07. The van der Waals surface area contributed by atoms with Gasteiger partial charge in [-0.25, -0.2) is 14.6 Å². The summed E-state index contributed by atoms with van der Waals surface area (Å²) >= 11 is 1.62. The van der Waals surface area contributed by atoms with Gasteiger partial charge in [0.2, 0.25) is 0 Å². The first-order chi connectivity index (χ1) is 16.8. The number of esters is 1. The molecule has 0 saturated heterocycles. The summed E-state index contributed by atoms with van der Waals surface area (Å²) in [5.41, 5.74) is 5.46. The minimum Gasteiger partial charge on any atom is -0.458 e. The second-order valence-corrected chi connectivity index (χ2v) is 9.90. The van der Waals surface area contributed by atoms with Crippen LogP contribution in [0.15, 0.2) is 41.2 Å². The first-order valence-electron chi connectivity index (χ1n) is 12.2. The fraction of sp³-hybridized carbons (Fsp3) is 0.464. The Balaban J connectivity index is 1.94. The molecule has 0 amide bonds. The smallest absolute Gasteiger partial charge is 0.458 e. The fourth-order valence-corrected chi connectivity index (χ4v) is 5.16. The van der Waals surface area contributed by atoms with Crippen molar-refractivity contribution in [3.8, 4) is 0 Å². The van der Waals surface area contributed by atoms with Crippen molar-refractivity contribution in [2.24, 2.45) is 5.92 Å². The SMILES string of the molecule is CCOC(=O)OC1=C(c2c(CC)cc(C)cc2CC)C(=O)OC(C(C)CSc2ccc(C)cn2)C1. The van der Waals surface area contributed by atoms with Crippen LogP contribution in [-0.4, -0.2) is 35.6 Å². The van der Waals surface area contributed by atoms with E-state index in [1.54, 1.807) is 18.7 Å². The van der Waals surface area contributed by atoms with E-state index in [-0.39, 0.29) is 12.5 Å². The van der Waals surface area contributed by atoms with Crippen molar-refractivity contribution in [3.05, 3.63) is 64.0 Å². The predicted octanol–water partition coefficient (Wildman–Crippen LogP) is 6.45. The van der Waals surface area contributed by atoms with Gasteiger partial charge < -0.3 is 14.2 Å². The number of aromatic nitrogens is 1. The zero-order valence-electron chi connectivity index (χ0n) is 21.5. The van der Waals surface area contributed by atoms with Crippen LogP contribution in [0.2, 0.25) is 0 Å². The number of rotatable bonds is 9. The van der Waals surface area contributed by atoms with Crippen molar-refractivity contribution in [1.29, 1.82) is 0 Å². The van der Waals surface area contributed by atoms with Gasteiger partial charge in [-0.15, -0.1) is 11.8 Å². The highest BCUT2D eigenvalue weighted by atomic mass is 32.2. The van der Waals surface area contributed by atoms with Gasteiger partial charge in [0.25, 0.3) is 0 Å². The lowest BCUT2D eigenvalue weighted by Gasteiger charge is -2.31. The monoisotopic (exact) mass is 497 g/mol. The Bertz CT molecular complexity index is 1070. The first kappa shape index (κ1) is 26.8. The van der Waals surface area contributed by atoms with Gasteiger partial charge in [0.15, 0.2) is 0 Å². The number of hydrogen-bond donors (Lipinski definition) is 0. The van der Waals surface area contributed by atoms with Gasteiger partial charge in [0.05, 0.1) is 11.6 Å². The van der Waals surface area contributed by atoms with Crippen LogP contribution < -0.4 is 0 Å². The highest BCUT2D eigenvalue weighted by Crippen LogP contribution is 2.38. The van der Waals surface area contributed by atoms with E-state index in [1.807, 2.05) is 39.1 Å². The van der Waals surface area contributed by atoms with Crippen LogP contribution >= 0.6 is 11.8 Å². The second kappa shape index (κ2) is 12.2. The first-order valence-corrected chi connectivity index (χ1v) is 13.2. The highest BCUT2D eigenvalue weighted by Gasteiger charge is 2.37. The maximum Gasteiger partial charge on any atom is 0.513 e. The summed E-state index contributed by atoms with van der Waals surface area (Å²) in [6.07, 6.45) is 2.41. The Morgan fingerprint density at radius 2 is 1.83 bits per heavy atom. The van der Waals surface area contributed by atoms with Crippen LogP contribution in [0, 0.1) is 19.8 Å². The molecule has 1 aromatic carbocycles. The molecule has 1 aromatic heterocycles. The van der Waals surface area contributed by atoms with Crippen molar-refractivity contribution in [2.45, 2.75) is 71.9 Å². The van der Waals surface area contributed by atoms with Crippen LogP contribution in [0.3, 0.4) is 0 Å². The quantitative estimate of drug-likeness (QED) is 0.291. The molecule has 2 heterocycles. The van der Waals surface area contributed by atoms with Crippen LogP contribution in [0.1, 0.15) is 61.9 Å². The number of hydrogen-bond acceptors (Lipinski definition) is 7. The third kappa shape index (κ3) is 6.66. The summed E-state index contributed by atoms with van der Waals surface area (Å²) in [5, 5.41) is 0.920. The molecule has 0 aliphatic carbocycles. The number of benzene rings is 1. The Hall–Kier alpha value is -2.80. The predicted molar refractivity (Wildman–Crippen MR) is 138 cm³/mol. The lowest BCUT2D eigenvalue weighted by atomic mass is 9.86. The number of carbonyl (C=O) groups excluding carboxylic acids is 2. The molecule has 3 rings (SSSR count). The fourth-order valence-electron chi connectivity index (χ4n) is 4.22. The molecule has 0 N–H and O–H groups in total. The van der Waals surface area contributed by atoms with Crippen molar-refractivity contribution >= 4 is 29.5 Å². The summed E-state index contributed by atoms with van der Waals surface area (Å²) in [6.45, 7) is 12.1. The number of aryl methyl sites for hydroxylation is 4. The lowest BCUT2D eigenvalue weighted by Crippen LogP contribution is -2.34. The number of thioether (sulfide) groups is 1. The molecule has 2 atom stereocenters. The van der Waals surface area contributed by atoms with Gasteiger partial charge in [0.1, 0.15) is 17.4 Å². The van der Waals surface area contributed by atoms with Crippen molar-refractivity contribution in [3.63, 3.8) is 0 Å². The molecule has 0 fully saturated rings. The minimum atomic E-state index is -0.803. The minimum absolute atomic E-state index is 0.0173. The Morgan fingerprint density at radius 1 is 1.14 bits per heavy atom. The molecule has 2 aromatic rings. The topological polar surface area (TPSA) is 74.7 Å². The second-order valence-electron chi connectivity index (χ2n) is 8.86. The molecular formula is C28H35NO5S. The van der Waals surface area contributed by atoms with Crippen LogP contribution in [-0.2, 0) is 31.8 Å². The van der Waals surface area contributed by atoms with Gasteiger partial charge in [-0.2, -0.15) is 0 Å². The van der Waals surface area contributed by atoms with Crippen molar-refractivity contribution < 1.29 is 23.8 Å². The van der Waals surface area contributed by atoms with Gasteiger partial charge >= 0.3 is 12.1 Å². The van der Waals surface area contributed by atoms with E-state index in [0.717, 1.165) is 45.7 Å². The number of nitrogens with zero attached hydrogens (tertiary/aromatic N) is 1. The molecule has 7 heteroatoms. The number of pyridine rings is 1. The van der Waals surface area contributed by atoms with Crippen molar-refractivity contribution in [2.75, 3.05) is 12.4 Å². The number of ether oxygens (including phenoxy) is 3. The van der Waals surface area contributed by atoms with E-state index in [4.69, 9.17) is 14.2 Å². The Labute approximate surface area is 212 Å². The van der Waals surface area contributed by atoms with Crippen LogP contribution in [0.5, 0.6) is 0 Å². The Morgan fingerprint density at radius 3 is 2.40 bits per heavy atom. The molecule has 0 bridgehead atoms. The largest absolute Gasteiger partial charge is 0.513 e. The van der Waals surface area contributed by atoms with E-state index in [9.17, 15) is 9.59 Å². The normalized spacial score (nSPS) is 16.6. The van der Waals surface area contributed by atoms with Gasteiger partial charge in [0, 0.05) is 24.3 Å². The summed E-state index contributed by atoms with van der Waals surface area (Å²) in [6, 6.07) is 8.18. The van der Waals surface area contributed by atoms with Crippen LogP contribution in [0.25, 0.3) is 5.57 Å². The molecule has 0 saturated carbocycles. The van der Waals surface area contributed by atoms with E-state index in [2.05, 4.69) is 31.0 Å². The molecule has 2 unspecified atom stereocenters. The van der Waals surface area contributed by atoms with Gasteiger partial charge in [-0.1, -0.05) is 44.5 Å². The molecule has 1 aliphatic heterocycles. The maximum absolute atomic E-state index is 13.5. The molecule has 0 spiro atoms. The van der Waals surface area contributed by atoms with Crippen molar-refractivity contribution in [1.82, 2.24) is 4.98 Å². The summed E-state index contributed by atoms with van der Waals surface area (Å²) in [4.78, 5) is 30.2. The Kier molecular flexibility index (Phi) is 9.38. The maximum atomic E-state index is 13.5. The molecule has 1 aliphatic rings. The summed E-state index contributed by atoms with van der Waals surface area (Å²) in [7, 11) is 0. The molecule has 188 valence electrons. The third-order valence-corrected chi connectivity index (χ3v) is 7.30. The molecule has 35 heavy (non-hydrogen) atoms. The van der Waals surface area contributed by atoms with Gasteiger partial charge in [-0.05, 0) is 61.9 Å². The standard InChI is InChI=1S/C28H35NO5S/c1-7-20-12-18(5)13-21(8-2)25(20)26-23(34-28(31)32-9-3)14-22(33-27(26)30)19(6)16-35-24-11-10-17(4)15-29-24/h10-13,15,19,22H,7-9,14,16H2,1-6H3. The van der Waals surface area contributed by atoms with Crippen LogP contribution in [0.4, 0.5) is 4.79 Å². The zero-order chi connectivity index (χ0) is 25.5. The number of cyclic esters (lactones) is 1. The van der Waals surface area contributed by atoms with Gasteiger partial charge in [-0.3, -0.25) is 0 Å². The van der Waals surface area contributed by atoms with E-state index < -0.39 is 18.2 Å². The molecule has 6 nitrogen and oxygen atoms in total. The van der Waals surface area contributed by atoms with E-state index >= 15 is 0 Å². The average molecular weight is 498 g/mol. The molecule has 0 radical (unpaired) electrons. The van der Waals surface area contributed by atoms with E-state index in [1.165, 1.54) is 0 Å². The number of carbonyl (C=O) groups is 2. The van der Waals surface area contributed by atoms with E-state index in [0.29, 0.717) is 23.5 Å². The lowest BCUT2D eigenvalue weighted by molar-refractivity contribution is -0.145. The summed E-state index contributed by atoms with van der Waals surface area (Å²) < 4.78 is 16.7. The zero-order valence-corrected chi connectivity index (χ0v) is 22.3. The highest BCUT2D eigenvalue weighted by molar-refractivity contribution is 7.99. The average Bonchev–Trinajstić information content (AvgIpc) is 2.83. The molecular weight excluding hydrogens is 462 g/mol. The summed E-state index contributed by atoms with van der Waals surface area (Å²) in [5.74, 6) is 0.590.